The predicted molar refractivity (Wildman–Crippen MR) is 105 cm³/mol. The maximum Gasteiger partial charge on any atom is 0.274 e. The van der Waals surface area contributed by atoms with Crippen molar-refractivity contribution in [2.75, 3.05) is 24.1 Å². The summed E-state index contributed by atoms with van der Waals surface area (Å²) in [4.78, 5) is 27.1. The number of aliphatic imine (C=N–C) groups is 1. The molecule has 136 valence electrons. The van der Waals surface area contributed by atoms with E-state index in [4.69, 9.17) is 5.73 Å². The molecule has 0 saturated carbocycles. The van der Waals surface area contributed by atoms with Crippen LogP contribution in [-0.4, -0.2) is 57.8 Å². The number of thiophene rings is 1. The van der Waals surface area contributed by atoms with Crippen molar-refractivity contribution in [3.8, 4) is 0 Å². The molecule has 0 spiro atoms. The highest BCUT2D eigenvalue weighted by Gasteiger charge is 2.32. The molecule has 0 aromatic carbocycles. The zero-order valence-electron chi connectivity index (χ0n) is 14.3. The lowest BCUT2D eigenvalue weighted by atomic mass is 10.1. The van der Waals surface area contributed by atoms with Gasteiger partial charge in [0.15, 0.2) is 5.69 Å². The van der Waals surface area contributed by atoms with Gasteiger partial charge < -0.3 is 21.1 Å². The molecular weight excluding hydrogens is 352 g/mol. The summed E-state index contributed by atoms with van der Waals surface area (Å²) in [6.45, 7) is 9.68. The Hall–Kier alpha value is -2.78. The SMILES string of the molecule is C=C/C=C(\N=C)[C@H](C)Nc1nc(C(=O)N2CC(O)C2)c2sc(N)cc2n1. The van der Waals surface area contributed by atoms with E-state index in [-0.39, 0.29) is 17.6 Å². The number of aromatic nitrogens is 2. The zero-order valence-corrected chi connectivity index (χ0v) is 15.2. The van der Waals surface area contributed by atoms with Gasteiger partial charge in [0.2, 0.25) is 5.95 Å². The van der Waals surface area contributed by atoms with Crippen LogP contribution < -0.4 is 11.1 Å². The highest BCUT2D eigenvalue weighted by Crippen LogP contribution is 2.31. The number of hydrogen-bond acceptors (Lipinski definition) is 8. The van der Waals surface area contributed by atoms with E-state index in [9.17, 15) is 9.90 Å². The number of hydrogen-bond donors (Lipinski definition) is 3. The molecular formula is C17H20N6O2S. The third-order valence-electron chi connectivity index (χ3n) is 4.00. The molecule has 9 heteroatoms. The van der Waals surface area contributed by atoms with Gasteiger partial charge in [0.1, 0.15) is 0 Å². The van der Waals surface area contributed by atoms with E-state index in [1.54, 1.807) is 23.1 Å². The summed E-state index contributed by atoms with van der Waals surface area (Å²) < 4.78 is 0.635. The Labute approximate surface area is 154 Å². The van der Waals surface area contributed by atoms with Crippen molar-refractivity contribution in [3.63, 3.8) is 0 Å². The number of anilines is 2. The predicted octanol–water partition coefficient (Wildman–Crippen LogP) is 1.66. The lowest BCUT2D eigenvalue weighted by Crippen LogP contribution is -2.53. The molecule has 2 aromatic heterocycles. The van der Waals surface area contributed by atoms with Gasteiger partial charge in [-0.05, 0) is 25.8 Å². The van der Waals surface area contributed by atoms with Crippen molar-refractivity contribution in [2.45, 2.75) is 19.1 Å². The molecule has 26 heavy (non-hydrogen) atoms. The average molecular weight is 372 g/mol. The first-order valence-corrected chi connectivity index (χ1v) is 8.84. The third kappa shape index (κ3) is 3.44. The van der Waals surface area contributed by atoms with Crippen molar-refractivity contribution in [1.29, 1.82) is 0 Å². The van der Waals surface area contributed by atoms with Gasteiger partial charge in [-0.2, -0.15) is 0 Å². The fraction of sp³-hybridized carbons (Fsp3) is 0.294. The minimum absolute atomic E-state index is 0.229. The standard InChI is InChI=1S/C17H20N6O2S/c1-4-5-11(19-3)9(2)20-17-21-12-6-13(18)26-15(12)14(22-17)16(25)23-7-10(24)8-23/h4-6,9-10,24H,1,3,7-8,18H2,2H3,(H,20,21,22)/b11-5-/t9-/m0/s1. The number of aliphatic hydroxyl groups excluding tert-OH is 1. The summed E-state index contributed by atoms with van der Waals surface area (Å²) in [6.07, 6.45) is 2.88. The second kappa shape index (κ2) is 7.22. The van der Waals surface area contributed by atoms with Gasteiger partial charge >= 0.3 is 0 Å². The smallest absolute Gasteiger partial charge is 0.274 e. The molecule has 1 atom stereocenters. The van der Waals surface area contributed by atoms with Crippen LogP contribution in [0.2, 0.25) is 0 Å². The summed E-state index contributed by atoms with van der Waals surface area (Å²) in [5.41, 5.74) is 7.44. The van der Waals surface area contributed by atoms with Crippen molar-refractivity contribution in [3.05, 3.63) is 36.2 Å². The average Bonchev–Trinajstić information content (AvgIpc) is 2.95. The number of nitrogens with zero attached hydrogens (tertiary/aromatic N) is 4. The van der Waals surface area contributed by atoms with Crippen molar-refractivity contribution < 1.29 is 9.90 Å². The molecule has 3 heterocycles. The van der Waals surface area contributed by atoms with Crippen LogP contribution in [-0.2, 0) is 0 Å². The Kier molecular flexibility index (Phi) is 5.01. The van der Waals surface area contributed by atoms with Gasteiger partial charge in [-0.25, -0.2) is 9.97 Å². The van der Waals surface area contributed by atoms with E-state index in [2.05, 4.69) is 33.6 Å². The molecule has 4 N–H and O–H groups in total. The second-order valence-corrected chi connectivity index (χ2v) is 7.06. The first-order chi connectivity index (χ1) is 12.4. The van der Waals surface area contributed by atoms with E-state index < -0.39 is 6.10 Å². The van der Waals surface area contributed by atoms with Crippen molar-refractivity contribution in [1.82, 2.24) is 14.9 Å². The number of nitrogens with two attached hydrogens (primary N) is 1. The number of carbonyl (C=O) groups is 1. The lowest BCUT2D eigenvalue weighted by molar-refractivity contribution is 0.00567. The number of nitrogens with one attached hydrogen (secondary N) is 1. The van der Waals surface area contributed by atoms with Crippen LogP contribution in [0.5, 0.6) is 0 Å². The quantitative estimate of drug-likeness (QED) is 0.524. The largest absolute Gasteiger partial charge is 0.391 e. The Morgan fingerprint density at radius 3 is 2.92 bits per heavy atom. The molecule has 0 radical (unpaired) electrons. The number of allylic oxidation sites excluding steroid dienone is 2. The maximum atomic E-state index is 12.7. The van der Waals surface area contributed by atoms with Crippen LogP contribution >= 0.6 is 11.3 Å². The topological polar surface area (TPSA) is 117 Å². The van der Waals surface area contributed by atoms with E-state index >= 15 is 0 Å². The fourth-order valence-corrected chi connectivity index (χ4v) is 3.50. The molecule has 1 amide bonds. The Bertz CT molecular complexity index is 900. The number of likely N-dealkylation sites (tertiary alicyclic amines) is 1. The molecule has 1 aliphatic rings. The molecule has 0 bridgehead atoms. The van der Waals surface area contributed by atoms with Crippen molar-refractivity contribution >= 4 is 45.1 Å². The Balaban J connectivity index is 1.96. The van der Waals surface area contributed by atoms with Gasteiger partial charge in [0.25, 0.3) is 5.91 Å². The Morgan fingerprint density at radius 2 is 2.31 bits per heavy atom. The third-order valence-corrected chi connectivity index (χ3v) is 4.96. The van der Waals surface area contributed by atoms with Crippen LogP contribution in [0.4, 0.5) is 10.9 Å². The molecule has 0 aliphatic carbocycles. The van der Waals surface area contributed by atoms with Crippen molar-refractivity contribution in [2.24, 2.45) is 4.99 Å². The highest BCUT2D eigenvalue weighted by atomic mass is 32.1. The van der Waals surface area contributed by atoms with Crippen LogP contribution in [0.3, 0.4) is 0 Å². The summed E-state index contributed by atoms with van der Waals surface area (Å²) in [5, 5.41) is 13.1. The van der Waals surface area contributed by atoms with Crippen LogP contribution in [0.25, 0.3) is 10.2 Å². The number of rotatable bonds is 6. The maximum absolute atomic E-state index is 12.7. The summed E-state index contributed by atoms with van der Waals surface area (Å²) >= 11 is 1.27. The molecule has 3 rings (SSSR count). The normalized spacial score (nSPS) is 16.2. The summed E-state index contributed by atoms with van der Waals surface area (Å²) in [6, 6.07) is 1.48. The minimum Gasteiger partial charge on any atom is -0.391 e. The van der Waals surface area contributed by atoms with E-state index in [1.165, 1.54) is 11.3 Å². The van der Waals surface area contributed by atoms with E-state index in [1.807, 2.05) is 6.92 Å². The first kappa shape index (κ1) is 18.0. The number of fused-ring (bicyclic) bond motifs is 1. The van der Waals surface area contributed by atoms with Crippen LogP contribution in [0.15, 0.2) is 35.5 Å². The molecule has 1 aliphatic heterocycles. The fourth-order valence-electron chi connectivity index (χ4n) is 2.65. The number of carbonyl (C=O) groups excluding carboxylic acids is 1. The van der Waals surface area contributed by atoms with Gasteiger partial charge in [-0.3, -0.25) is 9.79 Å². The van der Waals surface area contributed by atoms with Crippen LogP contribution in [0.1, 0.15) is 17.4 Å². The number of nitrogen functional groups attached to an aromatic ring is 1. The van der Waals surface area contributed by atoms with E-state index in [0.29, 0.717) is 40.0 Å². The number of amides is 1. The van der Waals surface area contributed by atoms with E-state index in [0.717, 1.165) is 0 Å². The lowest BCUT2D eigenvalue weighted by Gasteiger charge is -2.35. The Morgan fingerprint density at radius 1 is 1.58 bits per heavy atom. The summed E-state index contributed by atoms with van der Waals surface area (Å²) in [5.74, 6) is 0.0507. The molecule has 8 nitrogen and oxygen atoms in total. The summed E-state index contributed by atoms with van der Waals surface area (Å²) in [7, 11) is 0. The molecule has 1 fully saturated rings. The van der Waals surface area contributed by atoms with Gasteiger partial charge in [0.05, 0.1) is 33.1 Å². The zero-order chi connectivity index (χ0) is 18.8. The van der Waals surface area contributed by atoms with Gasteiger partial charge in [-0.15, -0.1) is 11.3 Å². The number of aliphatic hydroxyl groups is 1. The monoisotopic (exact) mass is 372 g/mol. The number of β-amino-alcohol motifs (C(OH)–C–C–N with tert-alkyl or cyclic N) is 1. The second-order valence-electron chi connectivity index (χ2n) is 5.97. The van der Waals surface area contributed by atoms with Gasteiger partial charge in [0, 0.05) is 13.1 Å². The molecule has 2 aromatic rings. The molecule has 1 saturated heterocycles. The minimum atomic E-state index is -0.479. The van der Waals surface area contributed by atoms with Crippen LogP contribution in [0, 0.1) is 0 Å². The van der Waals surface area contributed by atoms with Gasteiger partial charge in [-0.1, -0.05) is 12.7 Å². The first-order valence-electron chi connectivity index (χ1n) is 8.03. The highest BCUT2D eigenvalue weighted by molar-refractivity contribution is 7.22. The molecule has 0 unspecified atom stereocenters.